The Labute approximate surface area is 126 Å². The van der Waals surface area contributed by atoms with Crippen molar-refractivity contribution in [3.8, 4) is 11.5 Å². The maximum atomic E-state index is 11.3. The molecule has 0 aliphatic rings. The Morgan fingerprint density at radius 3 is 2.29 bits per heavy atom. The van der Waals surface area contributed by atoms with Crippen LogP contribution >= 0.6 is 0 Å². The van der Waals surface area contributed by atoms with E-state index in [1.165, 1.54) is 7.11 Å². The lowest BCUT2D eigenvalue weighted by molar-refractivity contribution is -0.145. The first-order valence-corrected chi connectivity index (χ1v) is 7.18. The topological polar surface area (TPSA) is 48.0 Å². The second-order valence-electron chi connectivity index (χ2n) is 4.94. The molecule has 1 rings (SSSR count). The predicted molar refractivity (Wildman–Crippen MR) is 81.8 cm³/mol. The van der Waals surface area contributed by atoms with Crippen molar-refractivity contribution in [1.82, 2.24) is 4.90 Å². The number of nitrogens with zero attached hydrogens (tertiary/aromatic N) is 1. The van der Waals surface area contributed by atoms with E-state index >= 15 is 0 Å². The van der Waals surface area contributed by atoms with Crippen LogP contribution in [0.3, 0.4) is 0 Å². The van der Waals surface area contributed by atoms with Crippen molar-refractivity contribution in [3.05, 3.63) is 24.3 Å². The Hall–Kier alpha value is -1.75. The van der Waals surface area contributed by atoms with Crippen LogP contribution in [0.5, 0.6) is 11.5 Å². The number of hydrogen-bond acceptors (Lipinski definition) is 5. The minimum absolute atomic E-state index is 0.134. The molecule has 0 amide bonds. The van der Waals surface area contributed by atoms with Crippen molar-refractivity contribution < 1.29 is 19.0 Å². The standard InChI is InChI=1S/C16H25NO4/c1-5-20-14-6-8-15(9-7-14)21-11-10-17(3)12-13(2)16(18)19-4/h6-9,13H,5,10-12H2,1-4H3. The molecule has 0 spiro atoms. The number of likely N-dealkylation sites (N-methyl/N-ethyl adjacent to an activating group) is 1. The maximum Gasteiger partial charge on any atom is 0.309 e. The van der Waals surface area contributed by atoms with Crippen LogP contribution in [0.4, 0.5) is 0 Å². The average molecular weight is 295 g/mol. The molecule has 1 atom stereocenters. The quantitative estimate of drug-likeness (QED) is 0.654. The molecule has 0 radical (unpaired) electrons. The van der Waals surface area contributed by atoms with Gasteiger partial charge in [-0.3, -0.25) is 4.79 Å². The van der Waals surface area contributed by atoms with E-state index in [2.05, 4.69) is 4.90 Å². The van der Waals surface area contributed by atoms with E-state index in [1.54, 1.807) is 0 Å². The van der Waals surface area contributed by atoms with Crippen molar-refractivity contribution in [2.45, 2.75) is 13.8 Å². The summed E-state index contributed by atoms with van der Waals surface area (Å²) in [5.74, 6) is 1.33. The van der Waals surface area contributed by atoms with Gasteiger partial charge in [0.05, 0.1) is 19.6 Å². The Morgan fingerprint density at radius 2 is 1.76 bits per heavy atom. The molecule has 0 fully saturated rings. The van der Waals surface area contributed by atoms with Gasteiger partial charge >= 0.3 is 5.97 Å². The van der Waals surface area contributed by atoms with Crippen molar-refractivity contribution in [2.24, 2.45) is 5.92 Å². The molecule has 1 aromatic rings. The monoisotopic (exact) mass is 295 g/mol. The lowest BCUT2D eigenvalue weighted by Gasteiger charge is -2.20. The van der Waals surface area contributed by atoms with Crippen LogP contribution in [0.25, 0.3) is 0 Å². The minimum atomic E-state index is -0.186. The molecule has 0 saturated carbocycles. The van der Waals surface area contributed by atoms with Gasteiger partial charge in [0.15, 0.2) is 0 Å². The van der Waals surface area contributed by atoms with Crippen LogP contribution in [0, 0.1) is 5.92 Å². The van der Waals surface area contributed by atoms with E-state index in [1.807, 2.05) is 45.2 Å². The van der Waals surface area contributed by atoms with Crippen molar-refractivity contribution >= 4 is 5.97 Å². The van der Waals surface area contributed by atoms with Gasteiger partial charge in [-0.25, -0.2) is 0 Å². The second-order valence-corrected chi connectivity index (χ2v) is 4.94. The first-order valence-electron chi connectivity index (χ1n) is 7.18. The molecule has 0 bridgehead atoms. The van der Waals surface area contributed by atoms with Gasteiger partial charge in [0.25, 0.3) is 0 Å². The first kappa shape index (κ1) is 17.3. The zero-order valence-corrected chi connectivity index (χ0v) is 13.3. The van der Waals surface area contributed by atoms with E-state index < -0.39 is 0 Å². The van der Waals surface area contributed by atoms with Gasteiger partial charge < -0.3 is 19.1 Å². The summed E-state index contributed by atoms with van der Waals surface area (Å²) in [7, 11) is 3.37. The largest absolute Gasteiger partial charge is 0.494 e. The summed E-state index contributed by atoms with van der Waals surface area (Å²) in [4.78, 5) is 13.4. The van der Waals surface area contributed by atoms with Gasteiger partial charge in [0.1, 0.15) is 18.1 Å². The van der Waals surface area contributed by atoms with E-state index in [9.17, 15) is 4.79 Å². The number of carbonyl (C=O) groups is 1. The fraction of sp³-hybridized carbons (Fsp3) is 0.562. The molecule has 5 heteroatoms. The van der Waals surface area contributed by atoms with E-state index in [0.29, 0.717) is 19.8 Å². The van der Waals surface area contributed by atoms with Crippen LogP contribution < -0.4 is 9.47 Å². The number of rotatable bonds is 9. The number of esters is 1. The van der Waals surface area contributed by atoms with Gasteiger partial charge in [-0.05, 0) is 38.2 Å². The highest BCUT2D eigenvalue weighted by atomic mass is 16.5. The molecule has 5 nitrogen and oxygen atoms in total. The maximum absolute atomic E-state index is 11.3. The lowest BCUT2D eigenvalue weighted by atomic mass is 10.2. The third-order valence-corrected chi connectivity index (χ3v) is 3.07. The summed E-state index contributed by atoms with van der Waals surface area (Å²) in [5.41, 5.74) is 0. The van der Waals surface area contributed by atoms with Crippen LogP contribution in [0.1, 0.15) is 13.8 Å². The van der Waals surface area contributed by atoms with Crippen molar-refractivity contribution in [1.29, 1.82) is 0 Å². The number of benzene rings is 1. The molecule has 21 heavy (non-hydrogen) atoms. The third kappa shape index (κ3) is 6.49. The van der Waals surface area contributed by atoms with E-state index in [4.69, 9.17) is 14.2 Å². The summed E-state index contributed by atoms with van der Waals surface area (Å²) in [6.45, 7) is 6.43. The summed E-state index contributed by atoms with van der Waals surface area (Å²) >= 11 is 0. The second kappa shape index (κ2) is 9.23. The average Bonchev–Trinajstić information content (AvgIpc) is 2.48. The Kier molecular flexibility index (Phi) is 7.61. The molecule has 1 unspecified atom stereocenters. The zero-order chi connectivity index (χ0) is 15.7. The van der Waals surface area contributed by atoms with Crippen LogP contribution in [0.2, 0.25) is 0 Å². The smallest absolute Gasteiger partial charge is 0.309 e. The highest BCUT2D eigenvalue weighted by Gasteiger charge is 2.15. The van der Waals surface area contributed by atoms with Gasteiger partial charge in [-0.15, -0.1) is 0 Å². The molecule has 0 aliphatic heterocycles. The zero-order valence-electron chi connectivity index (χ0n) is 13.3. The first-order chi connectivity index (χ1) is 10.1. The number of carbonyl (C=O) groups excluding carboxylic acids is 1. The fourth-order valence-electron chi connectivity index (χ4n) is 1.95. The summed E-state index contributed by atoms with van der Waals surface area (Å²) in [6.07, 6.45) is 0. The number of ether oxygens (including phenoxy) is 3. The van der Waals surface area contributed by atoms with Gasteiger partial charge in [-0.1, -0.05) is 6.92 Å². The molecule has 0 heterocycles. The predicted octanol–water partition coefficient (Wildman–Crippen LogP) is 2.21. The van der Waals surface area contributed by atoms with Gasteiger partial charge in [-0.2, -0.15) is 0 Å². The highest BCUT2D eigenvalue weighted by Crippen LogP contribution is 2.17. The molecular weight excluding hydrogens is 270 g/mol. The highest BCUT2D eigenvalue weighted by molar-refractivity contribution is 5.72. The number of methoxy groups -OCH3 is 1. The van der Waals surface area contributed by atoms with Crippen molar-refractivity contribution in [2.75, 3.05) is 40.5 Å². The van der Waals surface area contributed by atoms with E-state index in [-0.39, 0.29) is 11.9 Å². The normalized spacial score (nSPS) is 12.0. The molecule has 0 N–H and O–H groups in total. The molecular formula is C16H25NO4. The minimum Gasteiger partial charge on any atom is -0.494 e. The van der Waals surface area contributed by atoms with Crippen LogP contribution in [0.15, 0.2) is 24.3 Å². The molecule has 118 valence electrons. The van der Waals surface area contributed by atoms with Crippen molar-refractivity contribution in [3.63, 3.8) is 0 Å². The molecule has 0 aliphatic carbocycles. The lowest BCUT2D eigenvalue weighted by Crippen LogP contribution is -2.32. The van der Waals surface area contributed by atoms with E-state index in [0.717, 1.165) is 18.0 Å². The third-order valence-electron chi connectivity index (χ3n) is 3.07. The Balaban J connectivity index is 2.27. The summed E-state index contributed by atoms with van der Waals surface area (Å²) in [5, 5.41) is 0. The molecule has 0 aromatic heterocycles. The summed E-state index contributed by atoms with van der Waals surface area (Å²) in [6, 6.07) is 7.56. The fourth-order valence-corrected chi connectivity index (χ4v) is 1.95. The molecule has 1 aromatic carbocycles. The molecule has 0 saturated heterocycles. The SMILES string of the molecule is CCOc1ccc(OCCN(C)CC(C)C(=O)OC)cc1. The Morgan fingerprint density at radius 1 is 1.19 bits per heavy atom. The van der Waals surface area contributed by atoms with Crippen LogP contribution in [-0.4, -0.2) is 51.3 Å². The van der Waals surface area contributed by atoms with Crippen LogP contribution in [-0.2, 0) is 9.53 Å². The van der Waals surface area contributed by atoms with Gasteiger partial charge in [0.2, 0.25) is 0 Å². The number of hydrogen-bond donors (Lipinski definition) is 0. The summed E-state index contributed by atoms with van der Waals surface area (Å²) < 4.78 is 15.7. The Bertz CT molecular complexity index is 419. The van der Waals surface area contributed by atoms with Gasteiger partial charge in [0, 0.05) is 13.1 Å².